The van der Waals surface area contributed by atoms with Crippen LogP contribution in [0.3, 0.4) is 0 Å². The van der Waals surface area contributed by atoms with E-state index in [9.17, 15) is 9.59 Å². The second kappa shape index (κ2) is 11.1. The van der Waals surface area contributed by atoms with Crippen LogP contribution in [-0.4, -0.2) is 60.8 Å². The quantitative estimate of drug-likeness (QED) is 0.548. The zero-order valence-electron chi connectivity index (χ0n) is 16.5. The number of rotatable bonds is 8. The summed E-state index contributed by atoms with van der Waals surface area (Å²) in [6, 6.07) is 7.58. The molecule has 7 heteroatoms. The lowest BCUT2D eigenvalue weighted by Gasteiger charge is -2.25. The number of nitrogens with one attached hydrogen (secondary N) is 2. The van der Waals surface area contributed by atoms with Crippen molar-refractivity contribution in [2.75, 3.05) is 38.5 Å². The van der Waals surface area contributed by atoms with Gasteiger partial charge in [-0.15, -0.1) is 0 Å². The highest BCUT2D eigenvalue weighted by molar-refractivity contribution is 5.88. The van der Waals surface area contributed by atoms with Gasteiger partial charge in [-0.05, 0) is 38.5 Å². The van der Waals surface area contributed by atoms with Crippen molar-refractivity contribution in [3.05, 3.63) is 29.8 Å². The van der Waals surface area contributed by atoms with Crippen molar-refractivity contribution in [3.8, 4) is 0 Å². The molecule has 0 fully saturated rings. The van der Waals surface area contributed by atoms with Gasteiger partial charge in [0, 0.05) is 39.3 Å². The second-order valence-corrected chi connectivity index (χ2v) is 5.97. The van der Waals surface area contributed by atoms with Crippen molar-refractivity contribution in [2.24, 2.45) is 4.99 Å². The molecule has 0 bridgehead atoms. The van der Waals surface area contributed by atoms with Gasteiger partial charge in [-0.2, -0.15) is 0 Å². The SMILES string of the molecule is CCNC(=NCc1cccc(NC(C)=O)c1)N(C)CC(=O)N(CC)CC. The maximum absolute atomic E-state index is 12.3. The fourth-order valence-electron chi connectivity index (χ4n) is 2.54. The Hall–Kier alpha value is -2.57. The van der Waals surface area contributed by atoms with E-state index in [1.54, 1.807) is 4.90 Å². The standard InChI is InChI=1S/C19H31N5O2/c1-6-20-19(23(5)14-18(26)24(7-2)8-3)21-13-16-10-9-11-17(12-16)22-15(4)25/h9-12H,6-8,13-14H2,1-5H3,(H,20,21)(H,22,25). The molecule has 1 aromatic rings. The van der Waals surface area contributed by atoms with Gasteiger partial charge in [-0.25, -0.2) is 4.99 Å². The van der Waals surface area contributed by atoms with Crippen LogP contribution < -0.4 is 10.6 Å². The van der Waals surface area contributed by atoms with E-state index in [2.05, 4.69) is 15.6 Å². The molecule has 7 nitrogen and oxygen atoms in total. The molecular weight excluding hydrogens is 330 g/mol. The van der Waals surface area contributed by atoms with Crippen LogP contribution >= 0.6 is 0 Å². The molecule has 0 unspecified atom stereocenters. The first-order valence-corrected chi connectivity index (χ1v) is 9.04. The van der Waals surface area contributed by atoms with Crippen LogP contribution in [-0.2, 0) is 16.1 Å². The summed E-state index contributed by atoms with van der Waals surface area (Å²) in [6.45, 7) is 10.3. The Labute approximate surface area is 156 Å². The number of anilines is 1. The smallest absolute Gasteiger partial charge is 0.242 e. The van der Waals surface area contributed by atoms with Crippen molar-refractivity contribution < 1.29 is 9.59 Å². The number of hydrogen-bond acceptors (Lipinski definition) is 3. The molecule has 0 radical (unpaired) electrons. The Morgan fingerprint density at radius 3 is 2.42 bits per heavy atom. The molecule has 2 amide bonds. The maximum Gasteiger partial charge on any atom is 0.242 e. The summed E-state index contributed by atoms with van der Waals surface area (Å²) in [5.74, 6) is 0.655. The van der Waals surface area contributed by atoms with Crippen LogP contribution in [0.2, 0.25) is 0 Å². The largest absolute Gasteiger partial charge is 0.357 e. The molecule has 0 saturated carbocycles. The highest BCUT2D eigenvalue weighted by Gasteiger charge is 2.14. The third-order valence-corrected chi connectivity index (χ3v) is 3.84. The van der Waals surface area contributed by atoms with Gasteiger partial charge >= 0.3 is 0 Å². The second-order valence-electron chi connectivity index (χ2n) is 5.97. The maximum atomic E-state index is 12.3. The van der Waals surface area contributed by atoms with E-state index in [4.69, 9.17) is 0 Å². The molecule has 26 heavy (non-hydrogen) atoms. The summed E-state index contributed by atoms with van der Waals surface area (Å²) in [5, 5.41) is 5.98. The average molecular weight is 361 g/mol. The third-order valence-electron chi connectivity index (χ3n) is 3.84. The fraction of sp³-hybridized carbons (Fsp3) is 0.526. The zero-order chi connectivity index (χ0) is 19.5. The zero-order valence-corrected chi connectivity index (χ0v) is 16.5. The first kappa shape index (κ1) is 21.5. The summed E-state index contributed by atoms with van der Waals surface area (Å²) in [7, 11) is 1.86. The minimum atomic E-state index is -0.103. The molecule has 0 heterocycles. The van der Waals surface area contributed by atoms with Crippen molar-refractivity contribution in [2.45, 2.75) is 34.2 Å². The molecule has 0 aliphatic carbocycles. The number of hydrogen-bond donors (Lipinski definition) is 2. The number of likely N-dealkylation sites (N-methyl/N-ethyl adjacent to an activating group) is 2. The lowest BCUT2D eigenvalue weighted by atomic mass is 10.2. The van der Waals surface area contributed by atoms with Gasteiger partial charge in [0.1, 0.15) is 0 Å². The molecular formula is C19H31N5O2. The molecule has 144 valence electrons. The lowest BCUT2D eigenvalue weighted by Crippen LogP contribution is -2.45. The van der Waals surface area contributed by atoms with Crippen molar-refractivity contribution >= 4 is 23.5 Å². The average Bonchev–Trinajstić information content (AvgIpc) is 2.59. The van der Waals surface area contributed by atoms with Gasteiger partial charge in [0.05, 0.1) is 13.1 Å². The Bertz CT molecular complexity index is 626. The van der Waals surface area contributed by atoms with E-state index >= 15 is 0 Å². The topological polar surface area (TPSA) is 77.0 Å². The summed E-state index contributed by atoms with van der Waals surface area (Å²) in [5.41, 5.74) is 1.73. The Morgan fingerprint density at radius 2 is 1.85 bits per heavy atom. The Kier molecular flexibility index (Phi) is 9.19. The lowest BCUT2D eigenvalue weighted by molar-refractivity contribution is -0.131. The summed E-state index contributed by atoms with van der Waals surface area (Å²) in [4.78, 5) is 31.7. The van der Waals surface area contributed by atoms with Crippen LogP contribution in [0.15, 0.2) is 29.3 Å². The summed E-state index contributed by atoms with van der Waals surface area (Å²) >= 11 is 0. The predicted molar refractivity (Wildman–Crippen MR) is 106 cm³/mol. The van der Waals surface area contributed by atoms with Crippen LogP contribution in [0.4, 0.5) is 5.69 Å². The number of guanidine groups is 1. The van der Waals surface area contributed by atoms with Crippen molar-refractivity contribution in [1.29, 1.82) is 0 Å². The molecule has 0 atom stereocenters. The first-order valence-electron chi connectivity index (χ1n) is 9.04. The Balaban J connectivity index is 2.82. The van der Waals surface area contributed by atoms with E-state index in [1.807, 2.05) is 57.0 Å². The van der Waals surface area contributed by atoms with E-state index in [-0.39, 0.29) is 18.4 Å². The van der Waals surface area contributed by atoms with E-state index in [1.165, 1.54) is 6.92 Å². The van der Waals surface area contributed by atoms with Gasteiger partial charge in [0.2, 0.25) is 11.8 Å². The number of aliphatic imine (C=N–C) groups is 1. The van der Waals surface area contributed by atoms with Gasteiger partial charge in [-0.3, -0.25) is 9.59 Å². The minimum absolute atomic E-state index is 0.0794. The van der Waals surface area contributed by atoms with E-state index < -0.39 is 0 Å². The molecule has 0 saturated heterocycles. The van der Waals surface area contributed by atoms with Gasteiger partial charge in [0.25, 0.3) is 0 Å². The summed E-state index contributed by atoms with van der Waals surface area (Å²) in [6.07, 6.45) is 0. The van der Waals surface area contributed by atoms with Gasteiger partial charge in [0.15, 0.2) is 5.96 Å². The van der Waals surface area contributed by atoms with Gasteiger partial charge < -0.3 is 20.4 Å². The van der Waals surface area contributed by atoms with Gasteiger partial charge in [-0.1, -0.05) is 12.1 Å². The van der Waals surface area contributed by atoms with Crippen LogP contribution in [0.5, 0.6) is 0 Å². The fourth-order valence-corrected chi connectivity index (χ4v) is 2.54. The number of amides is 2. The molecule has 1 rings (SSSR count). The number of carbonyl (C=O) groups is 2. The molecule has 0 aromatic heterocycles. The molecule has 0 aliphatic rings. The Morgan fingerprint density at radius 1 is 1.15 bits per heavy atom. The third kappa shape index (κ3) is 7.13. The minimum Gasteiger partial charge on any atom is -0.357 e. The highest BCUT2D eigenvalue weighted by atomic mass is 16.2. The number of benzene rings is 1. The van der Waals surface area contributed by atoms with E-state index in [0.717, 1.165) is 11.3 Å². The summed E-state index contributed by atoms with van der Waals surface area (Å²) < 4.78 is 0. The van der Waals surface area contributed by atoms with Crippen LogP contribution in [0, 0.1) is 0 Å². The molecule has 2 N–H and O–H groups in total. The van der Waals surface area contributed by atoms with Crippen molar-refractivity contribution in [1.82, 2.24) is 15.1 Å². The highest BCUT2D eigenvalue weighted by Crippen LogP contribution is 2.11. The number of nitrogens with zero attached hydrogens (tertiary/aromatic N) is 3. The van der Waals surface area contributed by atoms with Crippen LogP contribution in [0.1, 0.15) is 33.3 Å². The predicted octanol–water partition coefficient (Wildman–Crippen LogP) is 1.91. The molecule has 0 spiro atoms. The molecule has 1 aromatic carbocycles. The van der Waals surface area contributed by atoms with Crippen molar-refractivity contribution in [3.63, 3.8) is 0 Å². The normalized spacial score (nSPS) is 11.0. The van der Waals surface area contributed by atoms with E-state index in [0.29, 0.717) is 32.1 Å². The number of carbonyl (C=O) groups excluding carboxylic acids is 2. The van der Waals surface area contributed by atoms with Crippen LogP contribution in [0.25, 0.3) is 0 Å². The first-order chi connectivity index (χ1) is 12.4. The molecule has 0 aliphatic heterocycles. The monoisotopic (exact) mass is 361 g/mol.